The second kappa shape index (κ2) is 5.29. The maximum Gasteiger partial charge on any atom is 0.0191 e. The van der Waals surface area contributed by atoms with Crippen LogP contribution in [0.2, 0.25) is 0 Å². The van der Waals surface area contributed by atoms with Crippen LogP contribution in [0, 0.1) is 11.8 Å². The molecule has 1 saturated heterocycles. The predicted octanol–water partition coefficient (Wildman–Crippen LogP) is 2.71. The van der Waals surface area contributed by atoms with Gasteiger partial charge < -0.3 is 5.32 Å². The first-order valence-corrected chi connectivity index (χ1v) is 5.47. The van der Waals surface area contributed by atoms with Crippen molar-refractivity contribution in [1.29, 1.82) is 0 Å². The van der Waals surface area contributed by atoms with Crippen LogP contribution < -0.4 is 5.32 Å². The van der Waals surface area contributed by atoms with Gasteiger partial charge in [0.05, 0.1) is 0 Å². The van der Waals surface area contributed by atoms with Crippen molar-refractivity contribution in [1.82, 2.24) is 5.32 Å². The lowest BCUT2D eigenvalue weighted by molar-refractivity contribution is 0.324. The molecular formula is C12H21N. The Bertz CT molecular complexity index is 191. The number of hydrogen-bond donors (Lipinski definition) is 1. The Hall–Kier alpha value is -0.480. The first-order valence-electron chi connectivity index (χ1n) is 5.47. The van der Waals surface area contributed by atoms with Gasteiger partial charge in [-0.1, -0.05) is 13.3 Å². The van der Waals surface area contributed by atoms with Crippen LogP contribution in [0.4, 0.5) is 0 Å². The topological polar surface area (TPSA) is 12.0 Å². The third kappa shape index (κ3) is 3.04. The highest BCUT2D eigenvalue weighted by Crippen LogP contribution is 2.29. The fraction of sp³-hybridized carbons (Fsp3) is 0.833. The van der Waals surface area contributed by atoms with Gasteiger partial charge >= 0.3 is 0 Å². The van der Waals surface area contributed by atoms with Gasteiger partial charge in [0.2, 0.25) is 0 Å². The zero-order valence-corrected chi connectivity index (χ0v) is 8.95. The van der Waals surface area contributed by atoms with Crippen molar-refractivity contribution in [3.8, 4) is 11.8 Å². The van der Waals surface area contributed by atoms with E-state index in [2.05, 4.69) is 24.1 Å². The monoisotopic (exact) mass is 179 g/mol. The van der Waals surface area contributed by atoms with E-state index < -0.39 is 0 Å². The van der Waals surface area contributed by atoms with Crippen LogP contribution in [0.1, 0.15) is 52.4 Å². The summed E-state index contributed by atoms with van der Waals surface area (Å²) in [5.41, 5.74) is 0.443. The molecule has 1 atom stereocenters. The summed E-state index contributed by atoms with van der Waals surface area (Å²) >= 11 is 0. The Balaban J connectivity index is 2.40. The Morgan fingerprint density at radius 2 is 2.23 bits per heavy atom. The Morgan fingerprint density at radius 3 is 2.77 bits per heavy atom. The van der Waals surface area contributed by atoms with Crippen molar-refractivity contribution in [2.45, 2.75) is 57.9 Å². The largest absolute Gasteiger partial charge is 0.311 e. The van der Waals surface area contributed by atoms with Crippen molar-refractivity contribution < 1.29 is 0 Å². The third-order valence-electron chi connectivity index (χ3n) is 2.97. The van der Waals surface area contributed by atoms with E-state index in [1.165, 1.54) is 38.6 Å². The van der Waals surface area contributed by atoms with Crippen molar-refractivity contribution in [3.05, 3.63) is 0 Å². The lowest BCUT2D eigenvalue weighted by atomic mass is 9.87. The van der Waals surface area contributed by atoms with Gasteiger partial charge in [0, 0.05) is 12.0 Å². The molecule has 0 amide bonds. The van der Waals surface area contributed by atoms with Crippen LogP contribution in [0.25, 0.3) is 0 Å². The SMILES string of the molecule is CC#CCCC1(CCC)CCCN1. The lowest BCUT2D eigenvalue weighted by Gasteiger charge is -2.28. The van der Waals surface area contributed by atoms with Crippen LogP contribution in [0.15, 0.2) is 0 Å². The number of nitrogens with one attached hydrogen (secondary N) is 1. The highest BCUT2D eigenvalue weighted by atomic mass is 15.0. The maximum atomic E-state index is 3.66. The molecule has 0 aliphatic carbocycles. The van der Waals surface area contributed by atoms with Gasteiger partial charge in [-0.25, -0.2) is 0 Å². The average Bonchev–Trinajstić information content (AvgIpc) is 2.55. The normalized spacial score (nSPS) is 26.9. The van der Waals surface area contributed by atoms with E-state index in [9.17, 15) is 0 Å². The van der Waals surface area contributed by atoms with E-state index in [1.807, 2.05) is 6.92 Å². The molecular weight excluding hydrogens is 158 g/mol. The Labute approximate surface area is 82.3 Å². The fourth-order valence-corrected chi connectivity index (χ4v) is 2.33. The molecule has 0 aromatic rings. The molecule has 0 bridgehead atoms. The Morgan fingerprint density at radius 1 is 1.38 bits per heavy atom. The van der Waals surface area contributed by atoms with Crippen LogP contribution >= 0.6 is 0 Å². The molecule has 1 fully saturated rings. The van der Waals surface area contributed by atoms with Gasteiger partial charge in [-0.05, 0) is 39.2 Å². The minimum atomic E-state index is 0.443. The molecule has 1 unspecified atom stereocenters. The molecule has 0 spiro atoms. The van der Waals surface area contributed by atoms with Crippen molar-refractivity contribution >= 4 is 0 Å². The molecule has 1 rings (SSSR count). The van der Waals surface area contributed by atoms with Gasteiger partial charge in [-0.2, -0.15) is 0 Å². The van der Waals surface area contributed by atoms with Crippen LogP contribution in [-0.4, -0.2) is 12.1 Å². The van der Waals surface area contributed by atoms with E-state index in [1.54, 1.807) is 0 Å². The second-order valence-electron chi connectivity index (χ2n) is 3.99. The highest BCUT2D eigenvalue weighted by Gasteiger charge is 2.31. The van der Waals surface area contributed by atoms with E-state index in [-0.39, 0.29) is 0 Å². The maximum absolute atomic E-state index is 3.66. The van der Waals surface area contributed by atoms with Gasteiger partial charge in [-0.15, -0.1) is 11.8 Å². The summed E-state index contributed by atoms with van der Waals surface area (Å²) in [6.07, 6.45) is 7.60. The highest BCUT2D eigenvalue weighted by molar-refractivity contribution is 5.00. The van der Waals surface area contributed by atoms with E-state index in [0.717, 1.165) is 6.42 Å². The molecule has 0 saturated carbocycles. The van der Waals surface area contributed by atoms with Gasteiger partial charge in [0.15, 0.2) is 0 Å². The fourth-order valence-electron chi connectivity index (χ4n) is 2.33. The zero-order valence-electron chi connectivity index (χ0n) is 8.95. The number of hydrogen-bond acceptors (Lipinski definition) is 1. The first-order chi connectivity index (χ1) is 6.33. The minimum Gasteiger partial charge on any atom is -0.311 e. The van der Waals surface area contributed by atoms with Gasteiger partial charge in [-0.3, -0.25) is 0 Å². The zero-order chi connectivity index (χ0) is 9.57. The molecule has 0 aromatic heterocycles. The van der Waals surface area contributed by atoms with Crippen LogP contribution in [-0.2, 0) is 0 Å². The van der Waals surface area contributed by atoms with Crippen molar-refractivity contribution in [2.24, 2.45) is 0 Å². The molecule has 1 aliphatic heterocycles. The third-order valence-corrected chi connectivity index (χ3v) is 2.97. The predicted molar refractivity (Wildman–Crippen MR) is 57.6 cm³/mol. The average molecular weight is 179 g/mol. The number of rotatable bonds is 4. The van der Waals surface area contributed by atoms with Crippen LogP contribution in [0.3, 0.4) is 0 Å². The van der Waals surface area contributed by atoms with Gasteiger partial charge in [0.25, 0.3) is 0 Å². The molecule has 1 heterocycles. The standard InChI is InChI=1S/C12H21N/c1-3-5-6-9-12(8-4-2)10-7-11-13-12/h13H,4,6-11H2,1-2H3. The van der Waals surface area contributed by atoms with Crippen molar-refractivity contribution in [2.75, 3.05) is 6.54 Å². The minimum absolute atomic E-state index is 0.443. The second-order valence-corrected chi connectivity index (χ2v) is 3.99. The molecule has 1 heteroatoms. The van der Waals surface area contributed by atoms with Gasteiger partial charge in [0.1, 0.15) is 0 Å². The van der Waals surface area contributed by atoms with E-state index in [4.69, 9.17) is 0 Å². The summed E-state index contributed by atoms with van der Waals surface area (Å²) in [6, 6.07) is 0. The summed E-state index contributed by atoms with van der Waals surface area (Å²) in [6.45, 7) is 5.40. The lowest BCUT2D eigenvalue weighted by Crippen LogP contribution is -2.39. The quantitative estimate of drug-likeness (QED) is 0.654. The van der Waals surface area contributed by atoms with Crippen molar-refractivity contribution in [3.63, 3.8) is 0 Å². The summed E-state index contributed by atoms with van der Waals surface area (Å²) in [7, 11) is 0. The molecule has 0 radical (unpaired) electrons. The van der Waals surface area contributed by atoms with E-state index >= 15 is 0 Å². The summed E-state index contributed by atoms with van der Waals surface area (Å²) in [5, 5.41) is 3.66. The smallest absolute Gasteiger partial charge is 0.0191 e. The summed E-state index contributed by atoms with van der Waals surface area (Å²) in [4.78, 5) is 0. The Kier molecular flexibility index (Phi) is 4.32. The molecule has 1 N–H and O–H groups in total. The van der Waals surface area contributed by atoms with E-state index in [0.29, 0.717) is 5.54 Å². The molecule has 1 nitrogen and oxygen atoms in total. The van der Waals surface area contributed by atoms with Crippen LogP contribution in [0.5, 0.6) is 0 Å². The summed E-state index contributed by atoms with van der Waals surface area (Å²) in [5.74, 6) is 6.14. The first kappa shape index (κ1) is 10.6. The molecule has 1 aliphatic rings. The summed E-state index contributed by atoms with van der Waals surface area (Å²) < 4.78 is 0. The molecule has 0 aromatic carbocycles. The molecule has 13 heavy (non-hydrogen) atoms. The molecule has 74 valence electrons.